The second kappa shape index (κ2) is 6.44. The molecule has 1 amide bonds. The molecule has 0 aromatic carbocycles. The van der Waals surface area contributed by atoms with Crippen molar-refractivity contribution in [2.45, 2.75) is 64.6 Å². The van der Waals surface area contributed by atoms with Gasteiger partial charge in [0.15, 0.2) is 5.82 Å². The van der Waals surface area contributed by atoms with Crippen molar-refractivity contribution < 1.29 is 13.8 Å². The molecule has 4 fully saturated rings. The Morgan fingerprint density at radius 3 is 2.56 bits per heavy atom. The molecular weight excluding hydrogens is 346 g/mol. The first-order chi connectivity index (χ1) is 13.1. The Labute approximate surface area is 157 Å². The number of nitrogens with zero attached hydrogens (tertiary/aromatic N) is 5. The van der Waals surface area contributed by atoms with Gasteiger partial charge < -0.3 is 13.9 Å². The summed E-state index contributed by atoms with van der Waals surface area (Å²) in [7, 11) is 0. The minimum Gasteiger partial charge on any atom is -0.361 e. The van der Waals surface area contributed by atoms with E-state index in [0.717, 1.165) is 67.5 Å². The van der Waals surface area contributed by atoms with Gasteiger partial charge >= 0.3 is 0 Å². The SMILES string of the molecule is Cc1noc(C)c1CN1C(=O)[C@H]2CC[C@@H]1CN(Cc1noc(C3CC3)n1)C2. The normalized spacial score (nSPS) is 26.0. The Morgan fingerprint density at radius 2 is 1.81 bits per heavy atom. The number of rotatable bonds is 5. The van der Waals surface area contributed by atoms with Crippen molar-refractivity contribution in [2.75, 3.05) is 13.1 Å². The van der Waals surface area contributed by atoms with Gasteiger partial charge in [0.25, 0.3) is 0 Å². The van der Waals surface area contributed by atoms with E-state index in [9.17, 15) is 4.79 Å². The predicted octanol–water partition coefficient (Wildman–Crippen LogP) is 2.17. The highest BCUT2D eigenvalue weighted by molar-refractivity contribution is 5.80. The van der Waals surface area contributed by atoms with Gasteiger partial charge in [0, 0.05) is 30.6 Å². The van der Waals surface area contributed by atoms with Crippen molar-refractivity contribution in [3.05, 3.63) is 28.7 Å². The van der Waals surface area contributed by atoms with E-state index < -0.39 is 0 Å². The summed E-state index contributed by atoms with van der Waals surface area (Å²) in [6.07, 6.45) is 4.30. The first-order valence-corrected chi connectivity index (χ1v) is 9.85. The number of amides is 1. The van der Waals surface area contributed by atoms with E-state index in [1.807, 2.05) is 18.7 Å². The van der Waals surface area contributed by atoms with Crippen LogP contribution < -0.4 is 0 Å². The van der Waals surface area contributed by atoms with Gasteiger partial charge in [0.05, 0.1) is 24.7 Å². The molecule has 6 rings (SSSR count). The molecule has 1 saturated carbocycles. The highest BCUT2D eigenvalue weighted by atomic mass is 16.5. The Morgan fingerprint density at radius 1 is 1.00 bits per heavy atom. The van der Waals surface area contributed by atoms with E-state index in [-0.39, 0.29) is 17.9 Å². The van der Waals surface area contributed by atoms with E-state index in [2.05, 4.69) is 20.2 Å². The Balaban J connectivity index is 1.32. The largest absolute Gasteiger partial charge is 0.361 e. The minimum absolute atomic E-state index is 0.0408. The summed E-state index contributed by atoms with van der Waals surface area (Å²) in [5, 5.41) is 8.18. The van der Waals surface area contributed by atoms with E-state index in [1.165, 1.54) is 0 Å². The lowest BCUT2D eigenvalue weighted by Gasteiger charge is -2.36. The maximum atomic E-state index is 13.1. The molecule has 8 nitrogen and oxygen atoms in total. The van der Waals surface area contributed by atoms with E-state index in [0.29, 0.717) is 19.0 Å². The monoisotopic (exact) mass is 371 g/mol. The van der Waals surface area contributed by atoms with Gasteiger partial charge in [0.1, 0.15) is 5.76 Å². The average Bonchev–Trinajstić information content (AvgIpc) is 3.38. The summed E-state index contributed by atoms with van der Waals surface area (Å²) in [6, 6.07) is 0.208. The maximum absolute atomic E-state index is 13.1. The fourth-order valence-electron chi connectivity index (χ4n) is 4.39. The smallest absolute Gasteiger partial charge is 0.229 e. The van der Waals surface area contributed by atoms with Crippen molar-refractivity contribution in [1.29, 1.82) is 0 Å². The molecular formula is C19H25N5O3. The molecule has 3 saturated heterocycles. The van der Waals surface area contributed by atoms with Crippen LogP contribution in [0.1, 0.15) is 60.3 Å². The zero-order chi connectivity index (χ0) is 18.5. The van der Waals surface area contributed by atoms with E-state index in [4.69, 9.17) is 9.05 Å². The van der Waals surface area contributed by atoms with Crippen LogP contribution >= 0.6 is 0 Å². The van der Waals surface area contributed by atoms with Crippen molar-refractivity contribution >= 4 is 5.91 Å². The molecule has 2 atom stereocenters. The third kappa shape index (κ3) is 3.16. The molecule has 3 aliphatic heterocycles. The summed E-state index contributed by atoms with van der Waals surface area (Å²) in [4.78, 5) is 22.0. The number of hydrogen-bond acceptors (Lipinski definition) is 7. The Kier molecular flexibility index (Phi) is 4.03. The molecule has 0 spiro atoms. The van der Waals surface area contributed by atoms with Crippen LogP contribution in [-0.2, 0) is 17.9 Å². The van der Waals surface area contributed by atoms with Gasteiger partial charge in [-0.1, -0.05) is 10.3 Å². The second-order valence-electron chi connectivity index (χ2n) is 8.21. The summed E-state index contributed by atoms with van der Waals surface area (Å²) >= 11 is 0. The molecule has 8 heteroatoms. The molecule has 0 unspecified atom stereocenters. The molecule has 0 radical (unpaired) electrons. The van der Waals surface area contributed by atoms with Gasteiger partial charge in [-0.05, 0) is 39.5 Å². The number of carbonyl (C=O) groups excluding carboxylic acids is 1. The van der Waals surface area contributed by atoms with Gasteiger partial charge in [-0.25, -0.2) is 0 Å². The van der Waals surface area contributed by atoms with Crippen LogP contribution in [-0.4, -0.2) is 50.1 Å². The maximum Gasteiger partial charge on any atom is 0.229 e. The van der Waals surface area contributed by atoms with E-state index >= 15 is 0 Å². The number of piperidine rings is 1. The minimum atomic E-state index is 0.0408. The van der Waals surface area contributed by atoms with Crippen LogP contribution in [0.5, 0.6) is 0 Å². The van der Waals surface area contributed by atoms with Gasteiger partial charge in [-0.15, -0.1) is 0 Å². The molecule has 2 aromatic rings. The number of hydrogen-bond donors (Lipinski definition) is 0. The summed E-state index contributed by atoms with van der Waals surface area (Å²) < 4.78 is 10.7. The first-order valence-electron chi connectivity index (χ1n) is 9.85. The highest BCUT2D eigenvalue weighted by Crippen LogP contribution is 2.39. The zero-order valence-corrected chi connectivity index (χ0v) is 15.8. The lowest BCUT2D eigenvalue weighted by atomic mass is 9.93. The molecule has 144 valence electrons. The Bertz CT molecular complexity index is 836. The third-order valence-corrected chi connectivity index (χ3v) is 6.15. The summed E-state index contributed by atoms with van der Waals surface area (Å²) in [6.45, 7) is 6.70. The first kappa shape index (κ1) is 16.9. The molecule has 2 bridgehead atoms. The van der Waals surface area contributed by atoms with Crippen LogP contribution in [0.3, 0.4) is 0 Å². The zero-order valence-electron chi connectivity index (χ0n) is 15.8. The van der Waals surface area contributed by atoms with Gasteiger partial charge in [0.2, 0.25) is 11.8 Å². The fraction of sp³-hybridized carbons (Fsp3) is 0.684. The molecule has 2 aromatic heterocycles. The molecule has 0 N–H and O–H groups in total. The Hall–Kier alpha value is -2.22. The number of aromatic nitrogens is 3. The van der Waals surface area contributed by atoms with Crippen molar-refractivity contribution in [2.24, 2.45) is 5.92 Å². The summed E-state index contributed by atoms with van der Waals surface area (Å²) in [5.74, 6) is 3.08. The lowest BCUT2D eigenvalue weighted by molar-refractivity contribution is -0.140. The van der Waals surface area contributed by atoms with Crippen LogP contribution in [0, 0.1) is 19.8 Å². The van der Waals surface area contributed by atoms with Gasteiger partial charge in [-0.3, -0.25) is 9.69 Å². The average molecular weight is 371 g/mol. The van der Waals surface area contributed by atoms with Crippen LogP contribution in [0.2, 0.25) is 0 Å². The van der Waals surface area contributed by atoms with Crippen molar-refractivity contribution in [3.8, 4) is 0 Å². The number of carbonyl (C=O) groups is 1. The number of aryl methyl sites for hydroxylation is 2. The van der Waals surface area contributed by atoms with Crippen LogP contribution in [0.25, 0.3) is 0 Å². The standard InChI is InChI=1S/C19H25N5O3/c1-11-16(12(2)26-21-11)9-24-15-6-5-14(19(24)25)7-23(8-15)10-17-20-18(27-22-17)13-3-4-13/h13-15H,3-10H2,1-2H3/t14-,15+/m0/s1. The van der Waals surface area contributed by atoms with Crippen LogP contribution in [0.4, 0.5) is 0 Å². The fourth-order valence-corrected chi connectivity index (χ4v) is 4.39. The van der Waals surface area contributed by atoms with E-state index in [1.54, 1.807) is 0 Å². The predicted molar refractivity (Wildman–Crippen MR) is 94.6 cm³/mol. The topological polar surface area (TPSA) is 88.5 Å². The third-order valence-electron chi connectivity index (χ3n) is 6.15. The molecule has 4 aliphatic rings. The van der Waals surface area contributed by atoms with Crippen molar-refractivity contribution in [1.82, 2.24) is 25.1 Å². The van der Waals surface area contributed by atoms with Gasteiger partial charge in [-0.2, -0.15) is 4.98 Å². The highest BCUT2D eigenvalue weighted by Gasteiger charge is 2.41. The van der Waals surface area contributed by atoms with Crippen LogP contribution in [0.15, 0.2) is 9.05 Å². The lowest BCUT2D eigenvalue weighted by Crippen LogP contribution is -2.47. The van der Waals surface area contributed by atoms with Crippen molar-refractivity contribution in [3.63, 3.8) is 0 Å². The molecule has 5 heterocycles. The molecule has 1 aliphatic carbocycles. The quantitative estimate of drug-likeness (QED) is 0.796. The number of fused-ring (bicyclic) bond motifs is 4. The molecule has 27 heavy (non-hydrogen) atoms. The summed E-state index contributed by atoms with van der Waals surface area (Å²) in [5.41, 5.74) is 1.91. The second-order valence-corrected chi connectivity index (χ2v) is 8.21.